The molecule has 2 aromatic rings. The van der Waals surface area contributed by atoms with Crippen LogP contribution in [0.25, 0.3) is 0 Å². The van der Waals surface area contributed by atoms with E-state index in [-0.39, 0.29) is 0 Å². The second-order valence-electron chi connectivity index (χ2n) is 7.77. The first-order valence-electron chi connectivity index (χ1n) is 11.5. The Labute approximate surface area is 195 Å². The number of carbonyl (C=O) groups is 2. The Bertz CT molecular complexity index is 850. The molecule has 1 aliphatic heterocycles. The van der Waals surface area contributed by atoms with E-state index < -0.39 is 11.9 Å². The standard InChI is InChI=1S/C24H33N5O4/c1-3-32-23(30)21-9-5-7-19(26-21)17-28-13-11-25-12-14-29(16-15-28)18-20-8-6-10-22(27-20)24(31)33-4-2/h5-10,25H,3-4,11-18H2,1-2H3. The molecular formula is C24H33N5O4. The molecule has 0 bridgehead atoms. The summed E-state index contributed by atoms with van der Waals surface area (Å²) in [4.78, 5) is 37.6. The van der Waals surface area contributed by atoms with E-state index in [4.69, 9.17) is 9.47 Å². The van der Waals surface area contributed by atoms with Crippen LogP contribution in [0.2, 0.25) is 0 Å². The molecular weight excluding hydrogens is 422 g/mol. The number of nitrogens with one attached hydrogen (secondary N) is 1. The van der Waals surface area contributed by atoms with E-state index in [1.165, 1.54) is 0 Å². The maximum absolute atomic E-state index is 12.0. The monoisotopic (exact) mass is 455 g/mol. The number of esters is 2. The fraction of sp³-hybridized carbons (Fsp3) is 0.500. The lowest BCUT2D eigenvalue weighted by atomic mass is 10.2. The average Bonchev–Trinajstić information content (AvgIpc) is 2.92. The Balaban J connectivity index is 1.62. The van der Waals surface area contributed by atoms with E-state index in [0.29, 0.717) is 37.7 Å². The van der Waals surface area contributed by atoms with Crippen molar-refractivity contribution in [3.63, 3.8) is 0 Å². The zero-order valence-corrected chi connectivity index (χ0v) is 19.5. The quantitative estimate of drug-likeness (QED) is 0.597. The van der Waals surface area contributed by atoms with Crippen molar-refractivity contribution in [2.45, 2.75) is 26.9 Å². The molecule has 1 saturated heterocycles. The highest BCUT2D eigenvalue weighted by Gasteiger charge is 2.16. The summed E-state index contributed by atoms with van der Waals surface area (Å²) in [7, 11) is 0. The Morgan fingerprint density at radius 3 is 1.67 bits per heavy atom. The number of rotatable bonds is 8. The largest absolute Gasteiger partial charge is 0.461 e. The van der Waals surface area contributed by atoms with Crippen molar-refractivity contribution in [2.24, 2.45) is 0 Å². The van der Waals surface area contributed by atoms with Crippen LogP contribution in [-0.2, 0) is 22.6 Å². The fourth-order valence-electron chi connectivity index (χ4n) is 3.65. The van der Waals surface area contributed by atoms with Crippen LogP contribution in [0.4, 0.5) is 0 Å². The van der Waals surface area contributed by atoms with Gasteiger partial charge in [0.15, 0.2) is 0 Å². The number of pyridine rings is 2. The summed E-state index contributed by atoms with van der Waals surface area (Å²) in [5.74, 6) is -0.789. The number of ether oxygens (including phenoxy) is 2. The Morgan fingerprint density at radius 1 is 0.788 bits per heavy atom. The number of aromatic nitrogens is 2. The molecule has 0 atom stereocenters. The molecule has 0 amide bonds. The summed E-state index contributed by atoms with van der Waals surface area (Å²) < 4.78 is 10.1. The molecule has 3 heterocycles. The molecule has 2 aromatic heterocycles. The minimum atomic E-state index is -0.394. The van der Waals surface area contributed by atoms with Crippen molar-refractivity contribution in [2.75, 3.05) is 52.5 Å². The lowest BCUT2D eigenvalue weighted by Crippen LogP contribution is -2.36. The zero-order chi connectivity index (χ0) is 23.5. The lowest BCUT2D eigenvalue weighted by Gasteiger charge is -2.25. The summed E-state index contributed by atoms with van der Waals surface area (Å²) >= 11 is 0. The minimum Gasteiger partial charge on any atom is -0.461 e. The first-order valence-corrected chi connectivity index (χ1v) is 11.5. The zero-order valence-electron chi connectivity index (χ0n) is 19.5. The molecule has 33 heavy (non-hydrogen) atoms. The summed E-state index contributed by atoms with van der Waals surface area (Å²) in [6.07, 6.45) is 0. The van der Waals surface area contributed by atoms with E-state index in [9.17, 15) is 9.59 Å². The van der Waals surface area contributed by atoms with Gasteiger partial charge in [0.1, 0.15) is 11.4 Å². The molecule has 0 saturated carbocycles. The first kappa shape index (κ1) is 24.8. The molecule has 0 aliphatic carbocycles. The Morgan fingerprint density at radius 2 is 1.24 bits per heavy atom. The molecule has 0 radical (unpaired) electrons. The highest BCUT2D eigenvalue weighted by molar-refractivity contribution is 5.87. The SMILES string of the molecule is CCOC(=O)c1cccc(CN2CCNCCN(Cc3cccc(C(=O)OCC)n3)CC2)n1. The average molecular weight is 456 g/mol. The maximum Gasteiger partial charge on any atom is 0.356 e. The number of nitrogens with zero attached hydrogens (tertiary/aromatic N) is 4. The number of hydrogen-bond donors (Lipinski definition) is 1. The summed E-state index contributed by atoms with van der Waals surface area (Å²) in [6, 6.07) is 10.9. The molecule has 0 unspecified atom stereocenters. The van der Waals surface area contributed by atoms with Crippen LogP contribution in [0.3, 0.4) is 0 Å². The molecule has 9 nitrogen and oxygen atoms in total. The Hall–Kier alpha value is -2.88. The van der Waals surface area contributed by atoms with Gasteiger partial charge in [-0.2, -0.15) is 0 Å². The smallest absolute Gasteiger partial charge is 0.356 e. The molecule has 0 spiro atoms. The van der Waals surface area contributed by atoms with Gasteiger partial charge in [-0.1, -0.05) is 12.1 Å². The number of hydrogen-bond acceptors (Lipinski definition) is 9. The van der Waals surface area contributed by atoms with Gasteiger partial charge < -0.3 is 14.8 Å². The van der Waals surface area contributed by atoms with E-state index in [2.05, 4.69) is 25.1 Å². The predicted molar refractivity (Wildman–Crippen MR) is 124 cm³/mol. The van der Waals surface area contributed by atoms with Gasteiger partial charge in [-0.25, -0.2) is 19.6 Å². The highest BCUT2D eigenvalue weighted by Crippen LogP contribution is 2.09. The highest BCUT2D eigenvalue weighted by atomic mass is 16.5. The molecule has 9 heteroatoms. The van der Waals surface area contributed by atoms with E-state index >= 15 is 0 Å². The third-order valence-electron chi connectivity index (χ3n) is 5.30. The van der Waals surface area contributed by atoms with Crippen molar-refractivity contribution < 1.29 is 19.1 Å². The van der Waals surface area contributed by atoms with Gasteiger partial charge in [-0.15, -0.1) is 0 Å². The van der Waals surface area contributed by atoms with Gasteiger partial charge in [-0.3, -0.25) is 9.80 Å². The van der Waals surface area contributed by atoms with Crippen molar-refractivity contribution in [3.8, 4) is 0 Å². The van der Waals surface area contributed by atoms with Gasteiger partial charge in [0, 0.05) is 52.4 Å². The van der Waals surface area contributed by atoms with E-state index in [0.717, 1.165) is 50.7 Å². The fourth-order valence-corrected chi connectivity index (χ4v) is 3.65. The molecule has 178 valence electrons. The van der Waals surface area contributed by atoms with Gasteiger partial charge in [0.25, 0.3) is 0 Å². The van der Waals surface area contributed by atoms with Crippen LogP contribution < -0.4 is 5.32 Å². The molecule has 1 N–H and O–H groups in total. The van der Waals surface area contributed by atoms with Crippen LogP contribution in [0.1, 0.15) is 46.2 Å². The normalized spacial score (nSPS) is 15.8. The van der Waals surface area contributed by atoms with Crippen molar-refractivity contribution in [3.05, 3.63) is 59.2 Å². The Kier molecular flexibility index (Phi) is 9.74. The van der Waals surface area contributed by atoms with Crippen LogP contribution in [-0.4, -0.2) is 84.2 Å². The number of carbonyl (C=O) groups excluding carboxylic acids is 2. The van der Waals surface area contributed by atoms with Crippen LogP contribution >= 0.6 is 0 Å². The third kappa shape index (κ3) is 7.88. The van der Waals surface area contributed by atoms with Crippen molar-refractivity contribution >= 4 is 11.9 Å². The lowest BCUT2D eigenvalue weighted by molar-refractivity contribution is 0.0509. The second kappa shape index (κ2) is 13.0. The van der Waals surface area contributed by atoms with Crippen molar-refractivity contribution in [1.29, 1.82) is 0 Å². The van der Waals surface area contributed by atoms with Crippen LogP contribution in [0, 0.1) is 0 Å². The molecule has 0 aromatic carbocycles. The van der Waals surface area contributed by atoms with Crippen LogP contribution in [0.15, 0.2) is 36.4 Å². The van der Waals surface area contributed by atoms with Gasteiger partial charge in [0.05, 0.1) is 24.6 Å². The maximum atomic E-state index is 12.0. The molecule has 1 fully saturated rings. The third-order valence-corrected chi connectivity index (χ3v) is 5.30. The van der Waals surface area contributed by atoms with Gasteiger partial charge in [-0.05, 0) is 38.1 Å². The molecule has 3 rings (SSSR count). The minimum absolute atomic E-state index is 0.329. The summed E-state index contributed by atoms with van der Waals surface area (Å²) in [5, 5.41) is 3.48. The first-order chi connectivity index (χ1) is 16.1. The van der Waals surface area contributed by atoms with Gasteiger partial charge >= 0.3 is 11.9 Å². The van der Waals surface area contributed by atoms with Gasteiger partial charge in [0.2, 0.25) is 0 Å². The second-order valence-corrected chi connectivity index (χ2v) is 7.77. The van der Waals surface area contributed by atoms with Crippen LogP contribution in [0.5, 0.6) is 0 Å². The molecule has 1 aliphatic rings. The van der Waals surface area contributed by atoms with Crippen molar-refractivity contribution in [1.82, 2.24) is 25.1 Å². The summed E-state index contributed by atoms with van der Waals surface area (Å²) in [6.45, 7) is 10.8. The predicted octanol–water partition coefficient (Wildman–Crippen LogP) is 1.74. The summed E-state index contributed by atoms with van der Waals surface area (Å²) in [5.41, 5.74) is 2.36. The van der Waals surface area contributed by atoms with E-state index in [1.54, 1.807) is 26.0 Å². The topological polar surface area (TPSA) is 96.9 Å². The van der Waals surface area contributed by atoms with E-state index in [1.807, 2.05) is 24.3 Å².